The fraction of sp³-hybridized carbons (Fsp3) is 0.278. The van der Waals surface area contributed by atoms with Crippen molar-refractivity contribution in [1.29, 1.82) is 0 Å². The Morgan fingerprint density at radius 3 is 2.38 bits per heavy atom. The number of sulfonamides is 1. The average Bonchev–Trinajstić information content (AvgIpc) is 2.59. The van der Waals surface area contributed by atoms with Gasteiger partial charge in [0.2, 0.25) is 10.0 Å². The Morgan fingerprint density at radius 2 is 1.81 bits per heavy atom. The number of carbonyl (C=O) groups excluding carboxylic acids is 1. The van der Waals surface area contributed by atoms with Crippen LogP contribution in [0.4, 0.5) is 5.69 Å². The number of aryl methyl sites for hydroxylation is 1. The lowest BCUT2D eigenvalue weighted by molar-refractivity contribution is 0.102. The lowest BCUT2D eigenvalue weighted by Crippen LogP contribution is -2.31. The second kappa shape index (κ2) is 8.52. The number of hydrogen-bond donors (Lipinski definition) is 1. The van der Waals surface area contributed by atoms with E-state index < -0.39 is 15.9 Å². The topological polar surface area (TPSA) is 66.5 Å². The Hall–Kier alpha value is -1.41. The van der Waals surface area contributed by atoms with Gasteiger partial charge in [0, 0.05) is 28.8 Å². The molecule has 0 aliphatic rings. The van der Waals surface area contributed by atoms with Crippen LogP contribution in [0, 0.1) is 6.92 Å². The van der Waals surface area contributed by atoms with E-state index in [1.54, 1.807) is 19.9 Å². The van der Waals surface area contributed by atoms with Crippen molar-refractivity contribution in [3.05, 3.63) is 57.0 Å². The predicted octanol–water partition coefficient (Wildman–Crippen LogP) is 4.69. The molecule has 0 unspecified atom stereocenters. The van der Waals surface area contributed by atoms with Crippen LogP contribution in [0.2, 0.25) is 5.02 Å². The fourth-order valence-electron chi connectivity index (χ4n) is 2.47. The Labute approximate surface area is 167 Å². The third kappa shape index (κ3) is 4.46. The van der Waals surface area contributed by atoms with Crippen LogP contribution in [0.5, 0.6) is 0 Å². The summed E-state index contributed by atoms with van der Waals surface area (Å²) in [6.45, 7) is 6.06. The molecule has 2 aromatic rings. The van der Waals surface area contributed by atoms with Crippen molar-refractivity contribution in [1.82, 2.24) is 4.31 Å². The number of carbonyl (C=O) groups is 1. The molecule has 0 aliphatic carbocycles. The molecule has 5 nitrogen and oxygen atoms in total. The Bertz CT molecular complexity index is 928. The first kappa shape index (κ1) is 20.9. The number of benzene rings is 2. The maximum Gasteiger partial charge on any atom is 0.255 e. The minimum atomic E-state index is -3.76. The van der Waals surface area contributed by atoms with E-state index in [4.69, 9.17) is 11.6 Å². The number of nitrogens with zero attached hydrogens (tertiary/aromatic N) is 1. The molecule has 0 saturated carbocycles. The summed E-state index contributed by atoms with van der Waals surface area (Å²) in [6.07, 6.45) is 0. The minimum absolute atomic E-state index is 0.0671. The number of anilines is 1. The molecule has 1 amide bonds. The smallest absolute Gasteiger partial charge is 0.255 e. The van der Waals surface area contributed by atoms with Gasteiger partial charge < -0.3 is 5.32 Å². The molecule has 0 heterocycles. The first-order chi connectivity index (χ1) is 12.2. The molecule has 0 bridgehead atoms. The zero-order chi connectivity index (χ0) is 19.5. The SMILES string of the molecule is CCN(CC)S(=O)(=O)c1cc(C(=O)Nc2ccc(Br)c(C)c2)ccc1Cl. The molecule has 0 radical (unpaired) electrons. The normalized spacial score (nSPS) is 11.6. The van der Waals surface area contributed by atoms with E-state index in [1.807, 2.05) is 19.1 Å². The summed E-state index contributed by atoms with van der Waals surface area (Å²) in [5, 5.41) is 2.86. The van der Waals surface area contributed by atoms with E-state index >= 15 is 0 Å². The molecular weight excluding hydrogens is 440 g/mol. The van der Waals surface area contributed by atoms with Gasteiger partial charge in [0.05, 0.1) is 5.02 Å². The van der Waals surface area contributed by atoms with Gasteiger partial charge in [-0.1, -0.05) is 41.4 Å². The van der Waals surface area contributed by atoms with Crippen LogP contribution >= 0.6 is 27.5 Å². The van der Waals surface area contributed by atoms with Crippen LogP contribution < -0.4 is 5.32 Å². The Balaban J connectivity index is 2.36. The van der Waals surface area contributed by atoms with Crippen molar-refractivity contribution < 1.29 is 13.2 Å². The van der Waals surface area contributed by atoms with Gasteiger partial charge >= 0.3 is 0 Å². The number of nitrogens with one attached hydrogen (secondary N) is 1. The van der Waals surface area contributed by atoms with E-state index in [0.717, 1.165) is 10.0 Å². The average molecular weight is 460 g/mol. The van der Waals surface area contributed by atoms with Gasteiger partial charge in [0.15, 0.2) is 0 Å². The number of halogens is 2. The van der Waals surface area contributed by atoms with Crippen molar-refractivity contribution in [2.45, 2.75) is 25.7 Å². The maximum absolute atomic E-state index is 12.7. The van der Waals surface area contributed by atoms with Gasteiger partial charge in [0.1, 0.15) is 4.90 Å². The van der Waals surface area contributed by atoms with Crippen molar-refractivity contribution in [2.75, 3.05) is 18.4 Å². The highest BCUT2D eigenvalue weighted by atomic mass is 79.9. The molecule has 0 aliphatic heterocycles. The number of amides is 1. The van der Waals surface area contributed by atoms with E-state index in [2.05, 4.69) is 21.2 Å². The van der Waals surface area contributed by atoms with E-state index in [-0.39, 0.29) is 15.5 Å². The first-order valence-electron chi connectivity index (χ1n) is 8.07. The molecule has 0 spiro atoms. The summed E-state index contributed by atoms with van der Waals surface area (Å²) in [6, 6.07) is 9.67. The van der Waals surface area contributed by atoms with Crippen LogP contribution in [0.15, 0.2) is 45.8 Å². The second-order valence-electron chi connectivity index (χ2n) is 5.65. The fourth-order valence-corrected chi connectivity index (χ4v) is 4.68. The van der Waals surface area contributed by atoms with E-state index in [9.17, 15) is 13.2 Å². The zero-order valence-electron chi connectivity index (χ0n) is 14.7. The van der Waals surface area contributed by atoms with Crippen LogP contribution in [0.25, 0.3) is 0 Å². The largest absolute Gasteiger partial charge is 0.322 e. The van der Waals surface area contributed by atoms with Crippen molar-refractivity contribution in [2.24, 2.45) is 0 Å². The van der Waals surface area contributed by atoms with Crippen molar-refractivity contribution in [3.63, 3.8) is 0 Å². The second-order valence-corrected chi connectivity index (χ2v) is 8.82. The Kier molecular flexibility index (Phi) is 6.85. The lowest BCUT2D eigenvalue weighted by Gasteiger charge is -2.19. The highest BCUT2D eigenvalue weighted by Crippen LogP contribution is 2.27. The molecular formula is C18H20BrClN2O3S. The summed E-state index contributed by atoms with van der Waals surface area (Å²) >= 11 is 9.51. The summed E-state index contributed by atoms with van der Waals surface area (Å²) < 4.78 is 27.7. The van der Waals surface area contributed by atoms with Gasteiger partial charge in [-0.3, -0.25) is 4.79 Å². The van der Waals surface area contributed by atoms with Gasteiger partial charge in [0.25, 0.3) is 5.91 Å². The molecule has 140 valence electrons. The molecule has 26 heavy (non-hydrogen) atoms. The molecule has 0 atom stereocenters. The zero-order valence-corrected chi connectivity index (χ0v) is 17.9. The molecule has 0 fully saturated rings. The van der Waals surface area contributed by atoms with Gasteiger partial charge in [-0.15, -0.1) is 0 Å². The number of hydrogen-bond acceptors (Lipinski definition) is 3. The summed E-state index contributed by atoms with van der Waals surface area (Å²) in [5.41, 5.74) is 1.82. The van der Waals surface area contributed by atoms with Crippen LogP contribution in [-0.2, 0) is 10.0 Å². The molecule has 2 rings (SSSR count). The summed E-state index contributed by atoms with van der Waals surface area (Å²) in [7, 11) is -3.76. The molecule has 0 saturated heterocycles. The quantitative estimate of drug-likeness (QED) is 0.681. The molecule has 2 aromatic carbocycles. The predicted molar refractivity (Wildman–Crippen MR) is 108 cm³/mol. The highest BCUT2D eigenvalue weighted by molar-refractivity contribution is 9.10. The van der Waals surface area contributed by atoms with Crippen molar-refractivity contribution in [3.8, 4) is 0 Å². The molecule has 8 heteroatoms. The standard InChI is InChI=1S/C18H20BrClN2O3S/c1-4-22(5-2)26(24,25)17-11-13(6-9-16(17)20)18(23)21-14-7-8-15(19)12(3)10-14/h6-11H,4-5H2,1-3H3,(H,21,23). The van der Waals surface area contributed by atoms with E-state index in [0.29, 0.717) is 18.8 Å². The maximum atomic E-state index is 12.7. The van der Waals surface area contributed by atoms with Crippen LogP contribution in [0.3, 0.4) is 0 Å². The minimum Gasteiger partial charge on any atom is -0.322 e. The third-order valence-electron chi connectivity index (χ3n) is 3.93. The highest BCUT2D eigenvalue weighted by Gasteiger charge is 2.25. The van der Waals surface area contributed by atoms with Crippen LogP contribution in [-0.4, -0.2) is 31.7 Å². The Morgan fingerprint density at radius 1 is 1.15 bits per heavy atom. The van der Waals surface area contributed by atoms with Gasteiger partial charge in [-0.05, 0) is 48.9 Å². The van der Waals surface area contributed by atoms with E-state index in [1.165, 1.54) is 22.5 Å². The first-order valence-corrected chi connectivity index (χ1v) is 10.7. The monoisotopic (exact) mass is 458 g/mol. The third-order valence-corrected chi connectivity index (χ3v) is 7.35. The molecule has 1 N–H and O–H groups in total. The molecule has 0 aromatic heterocycles. The summed E-state index contributed by atoms with van der Waals surface area (Å²) in [5.74, 6) is -0.403. The lowest BCUT2D eigenvalue weighted by atomic mass is 10.2. The van der Waals surface area contributed by atoms with Gasteiger partial charge in [-0.25, -0.2) is 8.42 Å². The van der Waals surface area contributed by atoms with Gasteiger partial charge in [-0.2, -0.15) is 4.31 Å². The number of rotatable bonds is 6. The van der Waals surface area contributed by atoms with Crippen LogP contribution in [0.1, 0.15) is 29.8 Å². The van der Waals surface area contributed by atoms with Crippen molar-refractivity contribution >= 4 is 49.1 Å². The summed E-state index contributed by atoms with van der Waals surface area (Å²) in [4.78, 5) is 12.5.